The number of nitrogens with zero attached hydrogens (tertiary/aromatic N) is 3. The molecule has 5 rings (SSSR count). The van der Waals surface area contributed by atoms with Gasteiger partial charge in [0.25, 0.3) is 11.5 Å². The number of rotatable bonds is 8. The van der Waals surface area contributed by atoms with Gasteiger partial charge in [0.05, 0.1) is 0 Å². The summed E-state index contributed by atoms with van der Waals surface area (Å²) in [6.45, 7) is 4.68. The number of ether oxygens (including phenoxy) is 1. The van der Waals surface area contributed by atoms with Gasteiger partial charge in [0.2, 0.25) is 0 Å². The molecule has 8 heteroatoms. The third kappa shape index (κ3) is 5.64. The van der Waals surface area contributed by atoms with Crippen LogP contribution in [0.3, 0.4) is 0 Å². The first-order valence-corrected chi connectivity index (χ1v) is 13.1. The van der Waals surface area contributed by atoms with Crippen LogP contribution in [0.5, 0.6) is 5.75 Å². The Bertz CT molecular complexity index is 1130. The number of amides is 1. The number of aliphatic carboxylic acids is 1. The Kier molecular flexibility index (Phi) is 7.41. The van der Waals surface area contributed by atoms with Gasteiger partial charge in [-0.05, 0) is 61.8 Å². The molecule has 4 unspecified atom stereocenters. The van der Waals surface area contributed by atoms with Crippen LogP contribution < -0.4 is 10.3 Å². The number of fused-ring (bicyclic) bond motifs is 4. The molecule has 2 aromatic rings. The van der Waals surface area contributed by atoms with Crippen molar-refractivity contribution in [2.45, 2.75) is 38.1 Å². The van der Waals surface area contributed by atoms with Crippen molar-refractivity contribution in [1.29, 1.82) is 0 Å². The topological polar surface area (TPSA) is 92.1 Å². The van der Waals surface area contributed by atoms with Gasteiger partial charge in [-0.3, -0.25) is 14.4 Å². The highest BCUT2D eigenvalue weighted by Crippen LogP contribution is 2.36. The number of hydrogen-bond acceptors (Lipinski definition) is 5. The number of carbonyl (C=O) groups excluding carboxylic acids is 1. The van der Waals surface area contributed by atoms with Gasteiger partial charge in [-0.25, -0.2) is 0 Å². The molecule has 192 valence electrons. The lowest BCUT2D eigenvalue weighted by molar-refractivity contribution is -0.140. The second-order valence-electron chi connectivity index (χ2n) is 10.6. The summed E-state index contributed by atoms with van der Waals surface area (Å²) in [5, 5.41) is 9.47. The molecule has 0 radical (unpaired) electrons. The highest BCUT2D eigenvalue weighted by molar-refractivity contribution is 5.78. The van der Waals surface area contributed by atoms with E-state index in [4.69, 9.17) is 4.74 Å². The van der Waals surface area contributed by atoms with E-state index in [0.29, 0.717) is 37.1 Å². The van der Waals surface area contributed by atoms with E-state index in [1.165, 1.54) is 0 Å². The first-order valence-electron chi connectivity index (χ1n) is 13.1. The van der Waals surface area contributed by atoms with Crippen LogP contribution in [-0.4, -0.2) is 70.7 Å². The largest absolute Gasteiger partial charge is 0.484 e. The van der Waals surface area contributed by atoms with E-state index in [0.717, 1.165) is 44.7 Å². The zero-order valence-corrected chi connectivity index (χ0v) is 20.6. The number of aromatic nitrogens is 1. The van der Waals surface area contributed by atoms with Crippen molar-refractivity contribution in [3.8, 4) is 5.75 Å². The van der Waals surface area contributed by atoms with E-state index < -0.39 is 5.97 Å². The Morgan fingerprint density at radius 3 is 2.61 bits per heavy atom. The zero-order chi connectivity index (χ0) is 25.1. The molecule has 4 heterocycles. The normalized spacial score (nSPS) is 25.7. The average Bonchev–Trinajstić information content (AvgIpc) is 2.87. The van der Waals surface area contributed by atoms with Crippen molar-refractivity contribution < 1.29 is 19.4 Å². The molecule has 0 spiro atoms. The lowest BCUT2D eigenvalue weighted by atomic mass is 9.80. The van der Waals surface area contributed by atoms with Gasteiger partial charge in [0.15, 0.2) is 6.61 Å². The second-order valence-corrected chi connectivity index (χ2v) is 10.6. The number of hydrogen-bond donors (Lipinski definition) is 1. The Hall–Kier alpha value is -3.13. The van der Waals surface area contributed by atoms with Crippen LogP contribution in [0.4, 0.5) is 0 Å². The molecule has 36 heavy (non-hydrogen) atoms. The molecule has 1 aromatic heterocycles. The number of carbonyl (C=O) groups is 2. The summed E-state index contributed by atoms with van der Waals surface area (Å²) in [6, 6.07) is 14.9. The van der Waals surface area contributed by atoms with Gasteiger partial charge in [0.1, 0.15) is 5.75 Å². The molecule has 2 saturated heterocycles. The van der Waals surface area contributed by atoms with E-state index >= 15 is 0 Å². The predicted octanol–water partition coefficient (Wildman–Crippen LogP) is 2.68. The highest BCUT2D eigenvalue weighted by Gasteiger charge is 2.36. The Labute approximate surface area is 211 Å². The molecular formula is C28H35N3O5. The number of benzene rings is 1. The quantitative estimate of drug-likeness (QED) is 0.608. The minimum Gasteiger partial charge on any atom is -0.484 e. The maximum Gasteiger partial charge on any atom is 0.303 e. The van der Waals surface area contributed by atoms with Crippen molar-refractivity contribution in [2.24, 2.45) is 17.8 Å². The monoisotopic (exact) mass is 493 g/mol. The minimum absolute atomic E-state index is 0.00536. The van der Waals surface area contributed by atoms with E-state index in [-0.39, 0.29) is 36.3 Å². The maximum absolute atomic E-state index is 12.9. The summed E-state index contributed by atoms with van der Waals surface area (Å²) < 4.78 is 7.61. The number of carboxylic acids is 1. The maximum atomic E-state index is 12.9. The summed E-state index contributed by atoms with van der Waals surface area (Å²) in [5.41, 5.74) is 1.23. The molecule has 8 nitrogen and oxygen atoms in total. The SMILES string of the molecule is O=C(O)CC1CCN(C(=O)COc2ccccc2)CC1CCN1CC2CC(C1)c1cccc(=O)n1C2. The molecule has 1 aromatic carbocycles. The van der Waals surface area contributed by atoms with Crippen molar-refractivity contribution in [2.75, 3.05) is 39.3 Å². The Morgan fingerprint density at radius 2 is 1.81 bits per heavy atom. The van der Waals surface area contributed by atoms with E-state index in [1.54, 1.807) is 6.07 Å². The molecule has 2 bridgehead atoms. The van der Waals surface area contributed by atoms with Gasteiger partial charge in [-0.2, -0.15) is 0 Å². The smallest absolute Gasteiger partial charge is 0.303 e. The number of likely N-dealkylation sites (tertiary alicyclic amines) is 2. The first kappa shape index (κ1) is 24.6. The molecule has 1 N–H and O–H groups in total. The Balaban J connectivity index is 1.19. The number of para-hydroxylation sites is 1. The lowest BCUT2D eigenvalue weighted by Crippen LogP contribution is -2.49. The summed E-state index contributed by atoms with van der Waals surface area (Å²) >= 11 is 0. The molecule has 0 aliphatic carbocycles. The van der Waals surface area contributed by atoms with Gasteiger partial charge in [-0.1, -0.05) is 24.3 Å². The van der Waals surface area contributed by atoms with Gasteiger partial charge in [-0.15, -0.1) is 0 Å². The molecule has 0 saturated carbocycles. The summed E-state index contributed by atoms with van der Waals surface area (Å²) in [4.78, 5) is 41.0. The second kappa shape index (κ2) is 10.9. The van der Waals surface area contributed by atoms with Crippen molar-refractivity contribution in [3.63, 3.8) is 0 Å². The van der Waals surface area contributed by atoms with E-state index in [2.05, 4.69) is 11.0 Å². The van der Waals surface area contributed by atoms with E-state index in [1.807, 2.05) is 45.9 Å². The summed E-state index contributed by atoms with van der Waals surface area (Å²) in [6.07, 6.45) is 2.83. The first-order chi connectivity index (χ1) is 17.5. The molecule has 3 aliphatic rings. The number of pyridine rings is 1. The van der Waals surface area contributed by atoms with Crippen molar-refractivity contribution in [1.82, 2.24) is 14.4 Å². The highest BCUT2D eigenvalue weighted by atomic mass is 16.5. The van der Waals surface area contributed by atoms with Crippen LogP contribution in [0, 0.1) is 17.8 Å². The average molecular weight is 494 g/mol. The van der Waals surface area contributed by atoms with Crippen LogP contribution in [0.2, 0.25) is 0 Å². The van der Waals surface area contributed by atoms with Crippen LogP contribution in [-0.2, 0) is 16.1 Å². The lowest BCUT2D eigenvalue weighted by Gasteiger charge is -2.44. The van der Waals surface area contributed by atoms with Crippen molar-refractivity contribution in [3.05, 3.63) is 64.6 Å². The van der Waals surface area contributed by atoms with Crippen LogP contribution >= 0.6 is 0 Å². The molecule has 1 amide bonds. The summed E-state index contributed by atoms with van der Waals surface area (Å²) in [5.74, 6) is 0.894. The molecular weight excluding hydrogens is 458 g/mol. The van der Waals surface area contributed by atoms with Crippen LogP contribution in [0.15, 0.2) is 53.3 Å². The van der Waals surface area contributed by atoms with Gasteiger partial charge >= 0.3 is 5.97 Å². The molecule has 4 atom stereocenters. The van der Waals surface area contributed by atoms with Crippen molar-refractivity contribution >= 4 is 11.9 Å². The fraction of sp³-hybridized carbons (Fsp3) is 0.536. The zero-order valence-electron chi connectivity index (χ0n) is 20.6. The van der Waals surface area contributed by atoms with Gasteiger partial charge in [0, 0.05) is 56.8 Å². The summed E-state index contributed by atoms with van der Waals surface area (Å²) in [7, 11) is 0. The third-order valence-electron chi connectivity index (χ3n) is 8.16. The fourth-order valence-corrected chi connectivity index (χ4v) is 6.41. The minimum atomic E-state index is -0.772. The number of carboxylic acid groups (broad SMARTS) is 1. The number of piperidine rings is 2. The fourth-order valence-electron chi connectivity index (χ4n) is 6.41. The van der Waals surface area contributed by atoms with Crippen LogP contribution in [0.25, 0.3) is 0 Å². The molecule has 3 aliphatic heterocycles. The molecule has 2 fully saturated rings. The standard InChI is InChI=1S/C28H35N3O5/c32-26-8-4-7-25-23-13-20(16-31(25)26)15-29(17-23)11-9-22-18-30(12-10-21(22)14-28(34)35)27(33)19-36-24-5-2-1-3-6-24/h1-8,20-23H,9-19H2,(H,34,35). The third-order valence-corrected chi connectivity index (χ3v) is 8.16. The van der Waals surface area contributed by atoms with E-state index in [9.17, 15) is 19.5 Å². The Morgan fingerprint density at radius 1 is 0.972 bits per heavy atom. The van der Waals surface area contributed by atoms with Gasteiger partial charge < -0.3 is 24.2 Å². The van der Waals surface area contributed by atoms with Crippen LogP contribution in [0.1, 0.15) is 37.3 Å². The predicted molar refractivity (Wildman–Crippen MR) is 135 cm³/mol.